The molecule has 35 heavy (non-hydrogen) atoms. The van der Waals surface area contributed by atoms with Crippen molar-refractivity contribution in [1.29, 1.82) is 0 Å². The zero-order chi connectivity index (χ0) is 24.9. The fourth-order valence-corrected chi connectivity index (χ4v) is 5.88. The minimum Gasteiger partial charge on any atom is -0.337 e. The molecule has 7 nitrogen and oxygen atoms in total. The van der Waals surface area contributed by atoms with E-state index in [1.807, 2.05) is 53.9 Å². The van der Waals surface area contributed by atoms with Crippen molar-refractivity contribution in [2.24, 2.45) is 4.99 Å². The Balaban J connectivity index is 1.42. The van der Waals surface area contributed by atoms with Gasteiger partial charge in [-0.3, -0.25) is 14.6 Å². The van der Waals surface area contributed by atoms with Gasteiger partial charge in [0.05, 0.1) is 12.2 Å². The van der Waals surface area contributed by atoms with Crippen molar-refractivity contribution in [2.45, 2.75) is 59.0 Å². The van der Waals surface area contributed by atoms with Gasteiger partial charge in [-0.2, -0.15) is 0 Å². The lowest BCUT2D eigenvalue weighted by Crippen LogP contribution is -2.36. The fraction of sp³-hybridized carbons (Fsp3) is 0.407. The topological polar surface area (TPSA) is 79.6 Å². The first-order chi connectivity index (χ1) is 16.9. The first-order valence-electron chi connectivity index (χ1n) is 12.0. The number of fused-ring (bicyclic) bond motifs is 1. The minimum absolute atomic E-state index is 0.00960. The molecule has 3 aromatic rings. The molecule has 0 aliphatic carbocycles. The molecule has 0 spiro atoms. The first-order valence-corrected chi connectivity index (χ1v) is 12.9. The van der Waals surface area contributed by atoms with Crippen molar-refractivity contribution >= 4 is 34.4 Å². The van der Waals surface area contributed by atoms with E-state index in [1.165, 1.54) is 5.56 Å². The third-order valence-electron chi connectivity index (χ3n) is 6.48. The Hall–Kier alpha value is -3.26. The van der Waals surface area contributed by atoms with Crippen LogP contribution in [-0.2, 0) is 29.1 Å². The third-order valence-corrected chi connectivity index (χ3v) is 7.63. The number of anilines is 1. The van der Waals surface area contributed by atoms with Gasteiger partial charge in [0.15, 0.2) is 0 Å². The van der Waals surface area contributed by atoms with E-state index in [4.69, 9.17) is 0 Å². The van der Waals surface area contributed by atoms with Crippen LogP contribution in [0.3, 0.4) is 0 Å². The standard InChI is InChI=1S/C27H33N5O2S/c1-18(21-8-6-5-7-9-21)14-25(33)30-27-23(15-28-4)22-10-12-32(17-24(22)35-27)26(34)11-13-31-16-19(2)29-20(31)3/h5-9,15-16,18H,10-14,17H2,1-4H3,(H,30,33). The number of rotatable bonds is 8. The number of benzene rings is 1. The van der Waals surface area contributed by atoms with Gasteiger partial charge in [0.25, 0.3) is 0 Å². The lowest BCUT2D eigenvalue weighted by molar-refractivity contribution is -0.132. The van der Waals surface area contributed by atoms with Crippen molar-refractivity contribution in [2.75, 3.05) is 18.9 Å². The summed E-state index contributed by atoms with van der Waals surface area (Å²) < 4.78 is 2.04. The van der Waals surface area contributed by atoms with Gasteiger partial charge >= 0.3 is 0 Å². The molecule has 2 aromatic heterocycles. The summed E-state index contributed by atoms with van der Waals surface area (Å²) in [7, 11) is 1.74. The highest BCUT2D eigenvalue weighted by atomic mass is 32.1. The number of aliphatic imine (C=N–C) groups is 1. The van der Waals surface area contributed by atoms with Crippen LogP contribution in [0.5, 0.6) is 0 Å². The fourth-order valence-electron chi connectivity index (χ4n) is 4.62. The molecule has 1 N–H and O–H groups in total. The number of carbonyl (C=O) groups excluding carboxylic acids is 2. The number of nitrogens with one attached hydrogen (secondary N) is 1. The summed E-state index contributed by atoms with van der Waals surface area (Å²) in [4.78, 5) is 37.5. The normalized spacial score (nSPS) is 14.2. The van der Waals surface area contributed by atoms with Crippen molar-refractivity contribution in [1.82, 2.24) is 14.5 Å². The molecule has 1 atom stereocenters. The summed E-state index contributed by atoms with van der Waals surface area (Å²) in [6, 6.07) is 10.1. The van der Waals surface area contributed by atoms with Gasteiger partial charge in [-0.05, 0) is 37.3 Å². The summed E-state index contributed by atoms with van der Waals surface area (Å²) in [6.07, 6.45) is 5.43. The van der Waals surface area contributed by atoms with E-state index in [0.717, 1.165) is 38.9 Å². The average Bonchev–Trinajstić information content (AvgIpc) is 3.35. The molecule has 8 heteroatoms. The Morgan fingerprint density at radius 3 is 2.71 bits per heavy atom. The smallest absolute Gasteiger partial charge is 0.225 e. The van der Waals surface area contributed by atoms with Crippen LogP contribution in [0, 0.1) is 13.8 Å². The van der Waals surface area contributed by atoms with Gasteiger partial charge in [-0.25, -0.2) is 4.98 Å². The van der Waals surface area contributed by atoms with Gasteiger partial charge in [-0.1, -0.05) is 37.3 Å². The second-order valence-electron chi connectivity index (χ2n) is 9.14. The molecule has 0 fully saturated rings. The summed E-state index contributed by atoms with van der Waals surface area (Å²) in [5.41, 5.74) is 4.29. The van der Waals surface area contributed by atoms with Crippen molar-refractivity contribution in [3.8, 4) is 0 Å². The van der Waals surface area contributed by atoms with E-state index in [9.17, 15) is 9.59 Å². The lowest BCUT2D eigenvalue weighted by Gasteiger charge is -2.27. The van der Waals surface area contributed by atoms with Crippen LogP contribution >= 0.6 is 11.3 Å². The van der Waals surface area contributed by atoms with E-state index in [-0.39, 0.29) is 17.7 Å². The van der Waals surface area contributed by atoms with Gasteiger partial charge in [0, 0.05) is 55.8 Å². The molecule has 0 saturated carbocycles. The summed E-state index contributed by atoms with van der Waals surface area (Å²) in [5, 5.41) is 3.95. The summed E-state index contributed by atoms with van der Waals surface area (Å²) in [6.45, 7) is 7.87. The minimum atomic E-state index is -0.00960. The van der Waals surface area contributed by atoms with E-state index >= 15 is 0 Å². The molecular weight excluding hydrogens is 458 g/mol. The van der Waals surface area contributed by atoms with Crippen molar-refractivity contribution < 1.29 is 9.59 Å². The van der Waals surface area contributed by atoms with Gasteiger partial charge in [0.2, 0.25) is 11.8 Å². The molecule has 0 bridgehead atoms. The zero-order valence-corrected chi connectivity index (χ0v) is 21.7. The van der Waals surface area contributed by atoms with Crippen LogP contribution < -0.4 is 5.32 Å². The maximum Gasteiger partial charge on any atom is 0.225 e. The van der Waals surface area contributed by atoms with Crippen LogP contribution in [0.2, 0.25) is 0 Å². The molecule has 0 saturated heterocycles. The molecule has 2 amide bonds. The van der Waals surface area contributed by atoms with E-state index < -0.39 is 0 Å². The molecule has 0 radical (unpaired) electrons. The van der Waals surface area contributed by atoms with Crippen LogP contribution in [-0.4, -0.2) is 46.1 Å². The molecule has 1 aliphatic rings. The number of carbonyl (C=O) groups is 2. The number of hydrogen-bond donors (Lipinski definition) is 1. The monoisotopic (exact) mass is 491 g/mol. The molecule has 184 valence electrons. The lowest BCUT2D eigenvalue weighted by atomic mass is 9.97. The summed E-state index contributed by atoms with van der Waals surface area (Å²) in [5.74, 6) is 1.19. The largest absolute Gasteiger partial charge is 0.337 e. The molecule has 1 unspecified atom stereocenters. The highest BCUT2D eigenvalue weighted by Crippen LogP contribution is 2.37. The number of imidazole rings is 1. The predicted molar refractivity (Wildman–Crippen MR) is 141 cm³/mol. The van der Waals surface area contributed by atoms with Crippen LogP contribution in [0.25, 0.3) is 0 Å². The van der Waals surface area contributed by atoms with Gasteiger partial charge in [0.1, 0.15) is 10.8 Å². The number of thiophene rings is 1. The second-order valence-corrected chi connectivity index (χ2v) is 10.2. The maximum absolute atomic E-state index is 13.0. The van der Waals surface area contributed by atoms with E-state index in [0.29, 0.717) is 32.5 Å². The number of amides is 2. The SMILES string of the molecule is CN=Cc1c(NC(=O)CC(C)c2ccccc2)sc2c1CCN(C(=O)CCn1cc(C)nc1C)C2. The highest BCUT2D eigenvalue weighted by molar-refractivity contribution is 7.16. The van der Waals surface area contributed by atoms with Crippen molar-refractivity contribution in [3.05, 3.63) is 69.6 Å². The van der Waals surface area contributed by atoms with Gasteiger partial charge < -0.3 is 14.8 Å². The van der Waals surface area contributed by atoms with Crippen LogP contribution in [0.15, 0.2) is 41.5 Å². The average molecular weight is 492 g/mol. The third kappa shape index (κ3) is 5.88. The van der Waals surface area contributed by atoms with E-state index in [2.05, 4.69) is 34.3 Å². The molecule has 1 aromatic carbocycles. The number of aryl methyl sites for hydroxylation is 3. The Labute approximate surface area is 210 Å². The Kier molecular flexibility index (Phi) is 7.80. The molecular formula is C27H33N5O2S. The molecule has 4 rings (SSSR count). The van der Waals surface area contributed by atoms with Crippen molar-refractivity contribution in [3.63, 3.8) is 0 Å². The number of nitrogens with zero attached hydrogens (tertiary/aromatic N) is 4. The Morgan fingerprint density at radius 2 is 2.03 bits per heavy atom. The van der Waals surface area contributed by atoms with Crippen LogP contribution in [0.4, 0.5) is 5.00 Å². The Morgan fingerprint density at radius 1 is 1.26 bits per heavy atom. The molecule has 3 heterocycles. The molecule has 1 aliphatic heterocycles. The van der Waals surface area contributed by atoms with E-state index in [1.54, 1.807) is 18.4 Å². The number of aromatic nitrogens is 2. The maximum atomic E-state index is 13.0. The quantitative estimate of drug-likeness (QED) is 0.463. The predicted octanol–water partition coefficient (Wildman–Crippen LogP) is 4.72. The second kappa shape index (κ2) is 11.0. The van der Waals surface area contributed by atoms with Crippen LogP contribution in [0.1, 0.15) is 58.8 Å². The first kappa shape index (κ1) is 24.9. The zero-order valence-electron chi connectivity index (χ0n) is 20.9. The summed E-state index contributed by atoms with van der Waals surface area (Å²) >= 11 is 1.56. The number of hydrogen-bond acceptors (Lipinski definition) is 5. The van der Waals surface area contributed by atoms with Gasteiger partial charge in [-0.15, -0.1) is 11.3 Å². The highest BCUT2D eigenvalue weighted by Gasteiger charge is 2.27. The Bertz CT molecular complexity index is 1230.